The van der Waals surface area contributed by atoms with Crippen LogP contribution in [0.2, 0.25) is 0 Å². The van der Waals surface area contributed by atoms with Crippen molar-refractivity contribution in [3.8, 4) is 0 Å². The lowest BCUT2D eigenvalue weighted by Gasteiger charge is -2.30. The first kappa shape index (κ1) is 16.8. The fourth-order valence-electron chi connectivity index (χ4n) is 4.04. The number of aromatic nitrogens is 2. The zero-order chi connectivity index (χ0) is 18.1. The van der Waals surface area contributed by atoms with Gasteiger partial charge >= 0.3 is 0 Å². The molecule has 26 heavy (non-hydrogen) atoms. The Hall–Kier alpha value is -2.62. The minimum absolute atomic E-state index is 0.133. The largest absolute Gasteiger partial charge is 0.358 e. The lowest BCUT2D eigenvalue weighted by molar-refractivity contribution is 0.0681. The summed E-state index contributed by atoms with van der Waals surface area (Å²) < 4.78 is 0. The normalized spacial score (nSPS) is 18.1. The van der Waals surface area contributed by atoms with E-state index in [1.54, 1.807) is 0 Å². The molecular weight excluding hydrogens is 322 g/mol. The minimum atomic E-state index is 0.133. The number of H-pyrrole nitrogens is 1. The average molecular weight is 347 g/mol. The third-order valence-electron chi connectivity index (χ3n) is 5.66. The number of nitrogens with one attached hydrogen (secondary N) is 1. The Balaban J connectivity index is 1.71. The van der Waals surface area contributed by atoms with Gasteiger partial charge in [-0.3, -0.25) is 9.78 Å². The van der Waals surface area contributed by atoms with Gasteiger partial charge in [-0.05, 0) is 68.1 Å². The van der Waals surface area contributed by atoms with E-state index in [2.05, 4.69) is 28.7 Å². The molecule has 0 radical (unpaired) electrons. The van der Waals surface area contributed by atoms with Gasteiger partial charge < -0.3 is 9.88 Å². The molecule has 4 heteroatoms. The molecule has 1 aliphatic rings. The highest BCUT2D eigenvalue weighted by molar-refractivity contribution is 5.99. The van der Waals surface area contributed by atoms with Crippen LogP contribution in [0.5, 0.6) is 0 Å². The van der Waals surface area contributed by atoms with Gasteiger partial charge in [-0.15, -0.1) is 0 Å². The number of pyridine rings is 1. The highest BCUT2D eigenvalue weighted by atomic mass is 16.2. The summed E-state index contributed by atoms with van der Waals surface area (Å²) in [6.07, 6.45) is 8.06. The average Bonchev–Trinajstić information content (AvgIpc) is 2.85. The number of fused-ring (bicyclic) bond motifs is 1. The van der Waals surface area contributed by atoms with E-state index in [0.717, 1.165) is 48.0 Å². The Morgan fingerprint density at radius 3 is 2.73 bits per heavy atom. The van der Waals surface area contributed by atoms with E-state index < -0.39 is 0 Å². The third-order valence-corrected chi connectivity index (χ3v) is 5.66. The van der Waals surface area contributed by atoms with Gasteiger partial charge in [-0.2, -0.15) is 0 Å². The van der Waals surface area contributed by atoms with Crippen LogP contribution in [0.1, 0.15) is 58.9 Å². The molecule has 1 fully saturated rings. The van der Waals surface area contributed by atoms with Gasteiger partial charge in [0.2, 0.25) is 0 Å². The van der Waals surface area contributed by atoms with Crippen LogP contribution in [0, 0.1) is 13.8 Å². The second kappa shape index (κ2) is 6.94. The molecule has 1 amide bonds. The van der Waals surface area contributed by atoms with E-state index >= 15 is 0 Å². The second-order valence-corrected chi connectivity index (χ2v) is 7.28. The van der Waals surface area contributed by atoms with E-state index in [-0.39, 0.29) is 11.9 Å². The first-order valence-corrected chi connectivity index (χ1v) is 9.45. The molecule has 0 unspecified atom stereocenters. The fraction of sp³-hybridized carbons (Fsp3) is 0.364. The zero-order valence-corrected chi connectivity index (χ0v) is 15.5. The first-order chi connectivity index (χ1) is 12.6. The van der Waals surface area contributed by atoms with Gasteiger partial charge in [0.15, 0.2) is 0 Å². The molecule has 1 saturated heterocycles. The molecule has 0 saturated carbocycles. The van der Waals surface area contributed by atoms with Crippen molar-refractivity contribution in [1.29, 1.82) is 0 Å². The lowest BCUT2D eigenvalue weighted by Crippen LogP contribution is -2.34. The molecule has 1 aliphatic heterocycles. The molecule has 0 aliphatic carbocycles. The van der Waals surface area contributed by atoms with Crippen LogP contribution < -0.4 is 0 Å². The van der Waals surface area contributed by atoms with Gasteiger partial charge in [-0.25, -0.2) is 0 Å². The fourth-order valence-corrected chi connectivity index (χ4v) is 4.04. The van der Waals surface area contributed by atoms with Gasteiger partial charge in [0.25, 0.3) is 5.91 Å². The molecule has 2 aromatic heterocycles. The summed E-state index contributed by atoms with van der Waals surface area (Å²) >= 11 is 0. The lowest BCUT2D eigenvalue weighted by atomic mass is 10.0. The molecule has 0 bridgehead atoms. The maximum absolute atomic E-state index is 13.4. The smallest absolute Gasteiger partial charge is 0.254 e. The number of hydrogen-bond acceptors (Lipinski definition) is 2. The van der Waals surface area contributed by atoms with Crippen molar-refractivity contribution in [1.82, 2.24) is 14.9 Å². The Kier molecular flexibility index (Phi) is 4.49. The van der Waals surface area contributed by atoms with Gasteiger partial charge in [-0.1, -0.05) is 12.8 Å². The van der Waals surface area contributed by atoms with Crippen LogP contribution in [-0.2, 0) is 0 Å². The number of aromatic amines is 1. The van der Waals surface area contributed by atoms with Crippen molar-refractivity contribution >= 4 is 16.8 Å². The Labute approximate surface area is 154 Å². The number of carbonyl (C=O) groups excluding carboxylic acids is 1. The molecule has 3 aromatic rings. The highest BCUT2D eigenvalue weighted by Crippen LogP contribution is 2.32. The van der Waals surface area contributed by atoms with Crippen molar-refractivity contribution in [3.63, 3.8) is 0 Å². The number of rotatable bonds is 2. The Bertz CT molecular complexity index is 929. The molecule has 0 spiro atoms. The van der Waals surface area contributed by atoms with Crippen LogP contribution in [-0.4, -0.2) is 27.3 Å². The summed E-state index contributed by atoms with van der Waals surface area (Å²) in [6, 6.07) is 10.2. The van der Waals surface area contributed by atoms with E-state index in [1.807, 2.05) is 42.7 Å². The number of hydrogen-bond donors (Lipinski definition) is 1. The monoisotopic (exact) mass is 347 g/mol. The number of nitrogens with zero attached hydrogens (tertiary/aromatic N) is 2. The summed E-state index contributed by atoms with van der Waals surface area (Å²) in [5.74, 6) is 0.133. The topological polar surface area (TPSA) is 49.0 Å². The van der Waals surface area contributed by atoms with Crippen molar-refractivity contribution in [2.75, 3.05) is 6.54 Å². The molecule has 3 heterocycles. The quantitative estimate of drug-likeness (QED) is 0.714. The molecule has 1 atom stereocenters. The number of carbonyl (C=O) groups is 1. The van der Waals surface area contributed by atoms with E-state index in [0.29, 0.717) is 0 Å². The van der Waals surface area contributed by atoms with Gasteiger partial charge in [0.05, 0.1) is 6.04 Å². The Morgan fingerprint density at radius 1 is 1.12 bits per heavy atom. The molecule has 4 nitrogen and oxygen atoms in total. The standard InChI is InChI=1S/C22H25N3O/c1-15-16(2)24-20-8-7-18(14-19(15)20)22(26)25-13-5-3-4-6-21(25)17-9-11-23-12-10-17/h7-12,14,21,24H,3-6,13H2,1-2H3/t21-/m1/s1. The summed E-state index contributed by atoms with van der Waals surface area (Å²) in [5, 5.41) is 1.14. The highest BCUT2D eigenvalue weighted by Gasteiger charge is 2.27. The number of amides is 1. The molecular formula is C22H25N3O. The maximum atomic E-state index is 13.4. The summed E-state index contributed by atoms with van der Waals surface area (Å²) in [7, 11) is 0. The van der Waals surface area contributed by atoms with Crippen LogP contribution in [0.4, 0.5) is 0 Å². The Morgan fingerprint density at radius 2 is 1.92 bits per heavy atom. The number of aryl methyl sites for hydroxylation is 2. The second-order valence-electron chi connectivity index (χ2n) is 7.28. The van der Waals surface area contributed by atoms with Gasteiger partial charge in [0.1, 0.15) is 0 Å². The summed E-state index contributed by atoms with van der Waals surface area (Å²) in [4.78, 5) is 23.0. The van der Waals surface area contributed by atoms with E-state index in [4.69, 9.17) is 0 Å². The van der Waals surface area contributed by atoms with Crippen molar-refractivity contribution in [2.45, 2.75) is 45.6 Å². The van der Waals surface area contributed by atoms with E-state index in [1.165, 1.54) is 17.5 Å². The predicted octanol–water partition coefficient (Wildman–Crippen LogP) is 4.94. The number of benzene rings is 1. The SMILES string of the molecule is Cc1[nH]c2ccc(C(=O)N3CCCCC[C@@H]3c3ccncc3)cc2c1C. The van der Waals surface area contributed by atoms with Crippen LogP contribution in [0.15, 0.2) is 42.7 Å². The van der Waals surface area contributed by atoms with Crippen LogP contribution >= 0.6 is 0 Å². The third kappa shape index (κ3) is 3.00. The minimum Gasteiger partial charge on any atom is -0.358 e. The van der Waals surface area contributed by atoms with Crippen molar-refractivity contribution in [2.24, 2.45) is 0 Å². The van der Waals surface area contributed by atoms with E-state index in [9.17, 15) is 4.79 Å². The zero-order valence-electron chi connectivity index (χ0n) is 15.5. The van der Waals surface area contributed by atoms with Crippen molar-refractivity contribution in [3.05, 3.63) is 65.1 Å². The van der Waals surface area contributed by atoms with Crippen LogP contribution in [0.3, 0.4) is 0 Å². The number of likely N-dealkylation sites (tertiary alicyclic amines) is 1. The molecule has 1 aromatic carbocycles. The molecule has 4 rings (SSSR count). The van der Waals surface area contributed by atoms with Crippen LogP contribution in [0.25, 0.3) is 10.9 Å². The van der Waals surface area contributed by atoms with Crippen molar-refractivity contribution < 1.29 is 4.79 Å². The molecule has 1 N–H and O–H groups in total. The molecule has 134 valence electrons. The first-order valence-electron chi connectivity index (χ1n) is 9.45. The predicted molar refractivity (Wildman–Crippen MR) is 104 cm³/mol. The van der Waals surface area contributed by atoms with Gasteiger partial charge in [0, 0.05) is 41.1 Å². The summed E-state index contributed by atoms with van der Waals surface area (Å²) in [5.41, 5.74) is 5.44. The maximum Gasteiger partial charge on any atom is 0.254 e. The summed E-state index contributed by atoms with van der Waals surface area (Å²) in [6.45, 7) is 4.99.